The number of amides is 1. The predicted molar refractivity (Wildman–Crippen MR) is 67.2 cm³/mol. The van der Waals surface area contributed by atoms with Gasteiger partial charge in [-0.1, -0.05) is 11.6 Å². The molecule has 1 heterocycles. The Bertz CT molecular complexity index is 492. The molecule has 6 heteroatoms. The van der Waals surface area contributed by atoms with Gasteiger partial charge in [-0.3, -0.25) is 9.59 Å². The molecular weight excluding hydrogens is 309 g/mol. The minimum Gasteiger partial charge on any atom is -0.481 e. The van der Waals surface area contributed by atoms with Crippen molar-refractivity contribution in [3.05, 3.63) is 27.7 Å². The summed E-state index contributed by atoms with van der Waals surface area (Å²) in [6.45, 7) is 0.188. The topological polar surface area (TPSA) is 57.6 Å². The summed E-state index contributed by atoms with van der Waals surface area (Å²) in [5.74, 6) is -1.78. The number of carboxylic acids is 1. The molecule has 0 aromatic heterocycles. The second-order valence-corrected chi connectivity index (χ2v) is 5.13. The van der Waals surface area contributed by atoms with Gasteiger partial charge >= 0.3 is 5.97 Å². The van der Waals surface area contributed by atoms with E-state index in [-0.39, 0.29) is 18.9 Å². The monoisotopic (exact) mass is 317 g/mol. The van der Waals surface area contributed by atoms with E-state index in [2.05, 4.69) is 15.9 Å². The van der Waals surface area contributed by atoms with Crippen molar-refractivity contribution in [2.24, 2.45) is 5.92 Å². The number of hydrogen-bond acceptors (Lipinski definition) is 2. The second-order valence-electron chi connectivity index (χ2n) is 3.84. The van der Waals surface area contributed by atoms with E-state index in [1.54, 1.807) is 18.2 Å². The van der Waals surface area contributed by atoms with E-state index in [1.165, 1.54) is 4.90 Å². The van der Waals surface area contributed by atoms with Crippen molar-refractivity contribution >= 4 is 45.1 Å². The number of halogens is 2. The van der Waals surface area contributed by atoms with Gasteiger partial charge in [-0.2, -0.15) is 0 Å². The van der Waals surface area contributed by atoms with Crippen molar-refractivity contribution in [3.63, 3.8) is 0 Å². The molecule has 1 atom stereocenters. The Morgan fingerprint density at radius 1 is 1.53 bits per heavy atom. The molecule has 2 rings (SSSR count). The summed E-state index contributed by atoms with van der Waals surface area (Å²) >= 11 is 9.19. The van der Waals surface area contributed by atoms with E-state index in [9.17, 15) is 9.59 Å². The molecule has 0 radical (unpaired) electrons. The van der Waals surface area contributed by atoms with E-state index < -0.39 is 11.9 Å². The molecule has 1 aromatic rings. The van der Waals surface area contributed by atoms with Gasteiger partial charge in [0.25, 0.3) is 0 Å². The van der Waals surface area contributed by atoms with Crippen LogP contribution in [0.3, 0.4) is 0 Å². The van der Waals surface area contributed by atoms with Crippen LogP contribution < -0.4 is 4.90 Å². The van der Waals surface area contributed by atoms with Crippen LogP contribution >= 0.6 is 27.5 Å². The Labute approximate surface area is 111 Å². The van der Waals surface area contributed by atoms with E-state index in [0.717, 1.165) is 4.47 Å². The molecule has 17 heavy (non-hydrogen) atoms. The Morgan fingerprint density at radius 2 is 2.24 bits per heavy atom. The zero-order valence-electron chi connectivity index (χ0n) is 8.69. The maximum Gasteiger partial charge on any atom is 0.308 e. The number of carbonyl (C=O) groups excluding carboxylic acids is 1. The van der Waals surface area contributed by atoms with Crippen LogP contribution in [0.1, 0.15) is 6.42 Å². The second kappa shape index (κ2) is 4.66. The molecule has 0 saturated carbocycles. The third kappa shape index (κ3) is 2.45. The molecule has 1 aliphatic rings. The first-order chi connectivity index (χ1) is 7.99. The summed E-state index contributed by atoms with van der Waals surface area (Å²) in [5, 5.41) is 9.41. The molecule has 4 nitrogen and oxygen atoms in total. The lowest BCUT2D eigenvalue weighted by Gasteiger charge is -2.18. The third-order valence-corrected chi connectivity index (χ3v) is 3.58. The summed E-state index contributed by atoms with van der Waals surface area (Å²) < 4.78 is 0.723. The Balaban J connectivity index is 2.32. The van der Waals surface area contributed by atoms with Crippen LogP contribution in [0.2, 0.25) is 5.02 Å². The quantitative estimate of drug-likeness (QED) is 0.911. The van der Waals surface area contributed by atoms with Crippen LogP contribution in [0.15, 0.2) is 22.7 Å². The largest absolute Gasteiger partial charge is 0.481 e. The van der Waals surface area contributed by atoms with Crippen LogP contribution in [0.25, 0.3) is 0 Å². The lowest BCUT2D eigenvalue weighted by atomic mass is 10.1. The van der Waals surface area contributed by atoms with Crippen molar-refractivity contribution in [3.8, 4) is 0 Å². The number of nitrogens with zero attached hydrogens (tertiary/aromatic N) is 1. The lowest BCUT2D eigenvalue weighted by Crippen LogP contribution is -2.26. The van der Waals surface area contributed by atoms with Crippen LogP contribution in [-0.2, 0) is 9.59 Å². The highest BCUT2D eigenvalue weighted by Crippen LogP contribution is 2.33. The molecule has 1 fully saturated rings. The van der Waals surface area contributed by atoms with Crippen LogP contribution in [-0.4, -0.2) is 23.5 Å². The smallest absolute Gasteiger partial charge is 0.308 e. The molecule has 1 unspecified atom stereocenters. The van der Waals surface area contributed by atoms with E-state index in [4.69, 9.17) is 16.7 Å². The SMILES string of the molecule is O=C(O)C1CC(=O)N(c2cc(Cl)ccc2Br)C1. The van der Waals surface area contributed by atoms with Crippen molar-refractivity contribution in [2.45, 2.75) is 6.42 Å². The van der Waals surface area contributed by atoms with E-state index in [1.807, 2.05) is 0 Å². The molecule has 0 aliphatic carbocycles. The van der Waals surface area contributed by atoms with Crippen LogP contribution in [0, 0.1) is 5.92 Å². The molecule has 0 bridgehead atoms. The average molecular weight is 319 g/mol. The normalized spacial score (nSPS) is 19.8. The van der Waals surface area contributed by atoms with Crippen molar-refractivity contribution in [2.75, 3.05) is 11.4 Å². The number of carbonyl (C=O) groups is 2. The molecule has 1 aromatic carbocycles. The van der Waals surface area contributed by atoms with Gasteiger partial charge < -0.3 is 10.0 Å². The van der Waals surface area contributed by atoms with Gasteiger partial charge in [0.05, 0.1) is 11.6 Å². The van der Waals surface area contributed by atoms with Gasteiger partial charge in [-0.05, 0) is 34.1 Å². The first-order valence-corrected chi connectivity index (χ1v) is 6.14. The molecule has 1 aliphatic heterocycles. The number of aliphatic carboxylic acids is 1. The maximum absolute atomic E-state index is 11.8. The molecule has 90 valence electrons. The molecular formula is C11H9BrClNO3. The number of hydrogen-bond donors (Lipinski definition) is 1. The zero-order valence-corrected chi connectivity index (χ0v) is 11.0. The number of carboxylic acid groups (broad SMARTS) is 1. The van der Waals surface area contributed by atoms with Gasteiger partial charge in [-0.25, -0.2) is 0 Å². The molecule has 1 amide bonds. The first-order valence-electron chi connectivity index (χ1n) is 4.97. The first kappa shape index (κ1) is 12.4. The molecule has 1 saturated heterocycles. The fourth-order valence-electron chi connectivity index (χ4n) is 1.80. The van der Waals surface area contributed by atoms with Crippen molar-refractivity contribution in [1.29, 1.82) is 0 Å². The fraction of sp³-hybridized carbons (Fsp3) is 0.273. The number of rotatable bonds is 2. The Kier molecular flexibility index (Phi) is 3.40. The van der Waals surface area contributed by atoms with Gasteiger partial charge in [0.15, 0.2) is 0 Å². The number of benzene rings is 1. The molecule has 1 N–H and O–H groups in total. The van der Waals surface area contributed by atoms with Gasteiger partial charge in [0.2, 0.25) is 5.91 Å². The summed E-state index contributed by atoms with van der Waals surface area (Å²) in [5.41, 5.74) is 0.617. The van der Waals surface area contributed by atoms with Crippen molar-refractivity contribution < 1.29 is 14.7 Å². The predicted octanol–water partition coefficient (Wildman–Crippen LogP) is 2.54. The highest BCUT2D eigenvalue weighted by molar-refractivity contribution is 9.10. The highest BCUT2D eigenvalue weighted by Gasteiger charge is 2.35. The summed E-state index contributed by atoms with van der Waals surface area (Å²) in [6.07, 6.45) is 0.0360. The Morgan fingerprint density at radius 3 is 2.82 bits per heavy atom. The van der Waals surface area contributed by atoms with Gasteiger partial charge in [0.1, 0.15) is 0 Å². The minimum absolute atomic E-state index is 0.0360. The standard InChI is InChI=1S/C11H9BrClNO3/c12-8-2-1-7(13)4-9(8)14-5-6(11(16)17)3-10(14)15/h1-2,4,6H,3,5H2,(H,16,17). The van der Waals surface area contributed by atoms with E-state index in [0.29, 0.717) is 10.7 Å². The van der Waals surface area contributed by atoms with Crippen molar-refractivity contribution in [1.82, 2.24) is 0 Å². The summed E-state index contributed by atoms with van der Waals surface area (Å²) in [7, 11) is 0. The zero-order chi connectivity index (χ0) is 12.6. The summed E-state index contributed by atoms with van der Waals surface area (Å²) in [6, 6.07) is 5.08. The van der Waals surface area contributed by atoms with Gasteiger partial charge in [0, 0.05) is 22.5 Å². The minimum atomic E-state index is -0.945. The van der Waals surface area contributed by atoms with Gasteiger partial charge in [-0.15, -0.1) is 0 Å². The third-order valence-electron chi connectivity index (χ3n) is 2.67. The Hall–Kier alpha value is -1.07. The average Bonchev–Trinajstić information content (AvgIpc) is 2.64. The van der Waals surface area contributed by atoms with Crippen LogP contribution in [0.5, 0.6) is 0 Å². The summed E-state index contributed by atoms with van der Waals surface area (Å²) in [4.78, 5) is 24.1. The fourth-order valence-corrected chi connectivity index (χ4v) is 2.43. The highest BCUT2D eigenvalue weighted by atomic mass is 79.9. The van der Waals surface area contributed by atoms with Crippen LogP contribution in [0.4, 0.5) is 5.69 Å². The maximum atomic E-state index is 11.8. The molecule has 0 spiro atoms. The van der Waals surface area contributed by atoms with E-state index >= 15 is 0 Å². The number of anilines is 1. The lowest BCUT2D eigenvalue weighted by molar-refractivity contribution is -0.141.